The van der Waals surface area contributed by atoms with Crippen molar-refractivity contribution in [1.82, 2.24) is 4.98 Å². The molecule has 16 heteroatoms. The van der Waals surface area contributed by atoms with Crippen LogP contribution in [0.4, 0.5) is 37.8 Å². The summed E-state index contributed by atoms with van der Waals surface area (Å²) in [6.45, 7) is 2.48. The van der Waals surface area contributed by atoms with Crippen molar-refractivity contribution >= 4 is 29.4 Å². The van der Waals surface area contributed by atoms with E-state index in [1.807, 2.05) is 12.1 Å². The number of fused-ring (bicyclic) bond motifs is 1. The van der Waals surface area contributed by atoms with Gasteiger partial charge >= 0.3 is 30.3 Å². The predicted octanol–water partition coefficient (Wildman–Crippen LogP) is 4.41. The molecule has 4 N–H and O–H groups in total. The third-order valence-electron chi connectivity index (χ3n) is 5.86. The van der Waals surface area contributed by atoms with Crippen molar-refractivity contribution in [2.75, 3.05) is 37.0 Å². The number of alkyl halides is 6. The van der Waals surface area contributed by atoms with Gasteiger partial charge < -0.3 is 30.3 Å². The van der Waals surface area contributed by atoms with Gasteiger partial charge in [-0.3, -0.25) is 4.79 Å². The van der Waals surface area contributed by atoms with Gasteiger partial charge in [-0.2, -0.15) is 26.3 Å². The Morgan fingerprint density at radius 1 is 0.976 bits per heavy atom. The number of carboxylic acids is 3. The number of hydrogen-bond acceptors (Lipinski definition) is 7. The molecule has 0 radical (unpaired) electrons. The van der Waals surface area contributed by atoms with Gasteiger partial charge in [-0.15, -0.1) is 0 Å². The van der Waals surface area contributed by atoms with Crippen molar-refractivity contribution in [3.8, 4) is 5.75 Å². The maximum atomic E-state index is 10.8. The van der Waals surface area contributed by atoms with E-state index in [9.17, 15) is 31.1 Å². The van der Waals surface area contributed by atoms with Crippen LogP contribution in [0.25, 0.3) is 0 Å². The quantitative estimate of drug-likeness (QED) is 0.339. The lowest BCUT2D eigenvalue weighted by Gasteiger charge is -2.27. The Balaban J connectivity index is 0.000000349. The van der Waals surface area contributed by atoms with Crippen LogP contribution >= 0.6 is 0 Å². The molecule has 1 saturated carbocycles. The fourth-order valence-corrected chi connectivity index (χ4v) is 3.72. The molecule has 41 heavy (non-hydrogen) atoms. The van der Waals surface area contributed by atoms with Crippen LogP contribution < -0.4 is 15.0 Å². The summed E-state index contributed by atoms with van der Waals surface area (Å²) < 4.78 is 69.3. The molecule has 2 aromatic rings. The van der Waals surface area contributed by atoms with Crippen LogP contribution in [0.15, 0.2) is 36.4 Å². The number of pyridine rings is 1. The topological polar surface area (TPSA) is 149 Å². The van der Waals surface area contributed by atoms with Crippen molar-refractivity contribution in [1.29, 1.82) is 0 Å². The highest BCUT2D eigenvalue weighted by molar-refractivity contribution is 5.73. The summed E-state index contributed by atoms with van der Waals surface area (Å²) in [7, 11) is 2.08. The molecule has 0 amide bonds. The summed E-state index contributed by atoms with van der Waals surface area (Å²) in [5.74, 6) is -3.76. The number of aliphatic carboxylic acids is 3. The number of carbonyl (C=O) groups is 3. The zero-order valence-corrected chi connectivity index (χ0v) is 21.5. The molecule has 2 heterocycles. The monoisotopic (exact) mass is 595 g/mol. The standard InChI is InChI=1S/C21H25N3O3.2C2HF3O2/c1-24-10-9-22-21-19(24)7-4-16(23-21)8-11-27-17-5-2-14(3-6-17)18-12-15(18)13-20(25)26;2*3-2(4,5)1(6)7/h2-7,15,18H,8-13H2,1H3,(H,22,23)(H,25,26);2*(H,6,7). The highest BCUT2D eigenvalue weighted by atomic mass is 19.4. The fourth-order valence-electron chi connectivity index (χ4n) is 3.72. The smallest absolute Gasteiger partial charge is 0.490 e. The zero-order chi connectivity index (χ0) is 31.0. The number of carboxylic acid groups (broad SMARTS) is 3. The van der Waals surface area contributed by atoms with Crippen molar-refractivity contribution in [2.45, 2.75) is 37.5 Å². The van der Waals surface area contributed by atoms with E-state index in [-0.39, 0.29) is 12.3 Å². The second-order valence-corrected chi connectivity index (χ2v) is 8.99. The molecule has 1 aliphatic heterocycles. The van der Waals surface area contributed by atoms with Crippen LogP contribution in [0.3, 0.4) is 0 Å². The molecule has 1 aromatic carbocycles. The number of nitrogens with zero attached hydrogens (tertiary/aromatic N) is 2. The van der Waals surface area contributed by atoms with E-state index in [0.717, 1.165) is 48.9 Å². The average molecular weight is 595 g/mol. The van der Waals surface area contributed by atoms with Crippen molar-refractivity contribution in [3.05, 3.63) is 47.7 Å². The van der Waals surface area contributed by atoms with Crippen LogP contribution in [0.2, 0.25) is 0 Å². The van der Waals surface area contributed by atoms with Crippen molar-refractivity contribution in [2.24, 2.45) is 5.92 Å². The van der Waals surface area contributed by atoms with E-state index in [0.29, 0.717) is 12.5 Å². The first-order valence-electron chi connectivity index (χ1n) is 12.0. The lowest BCUT2D eigenvalue weighted by atomic mass is 10.1. The maximum Gasteiger partial charge on any atom is 0.490 e. The van der Waals surface area contributed by atoms with Gasteiger partial charge in [-0.05, 0) is 48.1 Å². The molecule has 1 fully saturated rings. The minimum absolute atomic E-state index is 0.265. The summed E-state index contributed by atoms with van der Waals surface area (Å²) in [4.78, 5) is 35.5. The van der Waals surface area contributed by atoms with E-state index in [1.165, 1.54) is 5.56 Å². The first kappa shape index (κ1) is 33.0. The number of halogens is 6. The van der Waals surface area contributed by atoms with Gasteiger partial charge in [0.05, 0.1) is 12.3 Å². The largest absolute Gasteiger partial charge is 0.493 e. The third kappa shape index (κ3) is 11.0. The van der Waals surface area contributed by atoms with Gasteiger partial charge in [-0.1, -0.05) is 12.1 Å². The zero-order valence-electron chi connectivity index (χ0n) is 21.5. The number of nitrogens with one attached hydrogen (secondary N) is 1. The highest BCUT2D eigenvalue weighted by Gasteiger charge is 2.40. The number of aromatic nitrogens is 1. The number of hydrogen-bond donors (Lipinski definition) is 4. The number of ether oxygens (including phenoxy) is 1. The molecule has 2 aliphatic rings. The number of anilines is 2. The molecule has 2 atom stereocenters. The van der Waals surface area contributed by atoms with Crippen LogP contribution in [-0.2, 0) is 20.8 Å². The van der Waals surface area contributed by atoms with E-state index in [2.05, 4.69) is 41.5 Å². The van der Waals surface area contributed by atoms with E-state index in [4.69, 9.17) is 34.6 Å². The molecular weight excluding hydrogens is 568 g/mol. The van der Waals surface area contributed by atoms with Crippen LogP contribution in [0.1, 0.15) is 30.0 Å². The normalized spacial score (nSPS) is 17.4. The van der Waals surface area contributed by atoms with Gasteiger partial charge in [0.15, 0.2) is 0 Å². The van der Waals surface area contributed by atoms with E-state index < -0.39 is 30.3 Å². The number of rotatable bonds is 7. The van der Waals surface area contributed by atoms with Gasteiger partial charge in [-0.25, -0.2) is 14.6 Å². The number of benzene rings is 1. The van der Waals surface area contributed by atoms with Crippen LogP contribution in [-0.4, -0.2) is 77.3 Å². The molecule has 226 valence electrons. The summed E-state index contributed by atoms with van der Waals surface area (Å²) in [5, 5.41) is 26.5. The Labute approximate surface area is 229 Å². The molecule has 1 aromatic heterocycles. The molecule has 0 bridgehead atoms. The lowest BCUT2D eigenvalue weighted by Crippen LogP contribution is -2.31. The Morgan fingerprint density at radius 3 is 2.05 bits per heavy atom. The summed E-state index contributed by atoms with van der Waals surface area (Å²) in [6.07, 6.45) is -8.18. The molecule has 0 spiro atoms. The SMILES string of the molecule is CN1CCNc2nc(CCOc3ccc(C4CC4CC(=O)O)cc3)ccc21.O=C(O)C(F)(F)F.O=C(O)C(F)(F)F. The fraction of sp³-hybridized carbons (Fsp3) is 0.440. The second-order valence-electron chi connectivity index (χ2n) is 8.99. The first-order valence-corrected chi connectivity index (χ1v) is 12.0. The van der Waals surface area contributed by atoms with E-state index in [1.54, 1.807) is 0 Å². The molecule has 4 rings (SSSR count). The summed E-state index contributed by atoms with van der Waals surface area (Å²) in [5.41, 5.74) is 3.37. The highest BCUT2D eigenvalue weighted by Crippen LogP contribution is 2.49. The Kier molecular flexibility index (Phi) is 11.2. The Hall–Kier alpha value is -4.24. The Morgan fingerprint density at radius 2 is 1.54 bits per heavy atom. The third-order valence-corrected chi connectivity index (χ3v) is 5.86. The minimum Gasteiger partial charge on any atom is -0.493 e. The van der Waals surface area contributed by atoms with Crippen molar-refractivity contribution < 1.29 is 60.8 Å². The predicted molar refractivity (Wildman–Crippen MR) is 132 cm³/mol. The average Bonchev–Trinajstić information content (AvgIpc) is 3.62. The van der Waals surface area contributed by atoms with Gasteiger partial charge in [0.1, 0.15) is 11.6 Å². The Bertz CT molecular complexity index is 1180. The lowest BCUT2D eigenvalue weighted by molar-refractivity contribution is -0.193. The first-order chi connectivity index (χ1) is 19.0. The number of likely N-dealkylation sites (N-methyl/N-ethyl adjacent to an activating group) is 1. The maximum absolute atomic E-state index is 10.8. The van der Waals surface area contributed by atoms with Gasteiger partial charge in [0.2, 0.25) is 0 Å². The molecule has 2 unspecified atom stereocenters. The second kappa shape index (κ2) is 13.9. The van der Waals surface area contributed by atoms with Crippen molar-refractivity contribution in [3.63, 3.8) is 0 Å². The molecule has 0 saturated heterocycles. The van der Waals surface area contributed by atoms with E-state index >= 15 is 0 Å². The molecule has 1 aliphatic carbocycles. The summed E-state index contributed by atoms with van der Waals surface area (Å²) >= 11 is 0. The molecular formula is C25H27F6N3O7. The minimum atomic E-state index is -5.08. The summed E-state index contributed by atoms with van der Waals surface area (Å²) in [6, 6.07) is 12.2. The van der Waals surface area contributed by atoms with Gasteiger partial charge in [0, 0.05) is 38.7 Å². The van der Waals surface area contributed by atoms with Crippen LogP contribution in [0, 0.1) is 5.92 Å². The van der Waals surface area contributed by atoms with Crippen LogP contribution in [0.5, 0.6) is 5.75 Å². The van der Waals surface area contributed by atoms with Gasteiger partial charge in [0.25, 0.3) is 0 Å². The molecule has 10 nitrogen and oxygen atoms in total.